The van der Waals surface area contributed by atoms with Gasteiger partial charge in [0.2, 0.25) is 0 Å². The fraction of sp³-hybridized carbons (Fsp3) is 0.100. The Hall–Kier alpha value is -0.890. The van der Waals surface area contributed by atoms with Gasteiger partial charge < -0.3 is 5.11 Å². The SMILES string of the molecule is N#Cc1c(CO)cc2ccsc2c1Br. The minimum Gasteiger partial charge on any atom is -0.392 e. The van der Waals surface area contributed by atoms with E-state index in [1.807, 2.05) is 17.5 Å². The van der Waals surface area contributed by atoms with Crippen LogP contribution >= 0.6 is 27.3 Å². The summed E-state index contributed by atoms with van der Waals surface area (Å²) < 4.78 is 1.84. The molecule has 0 aliphatic heterocycles. The molecule has 0 unspecified atom stereocenters. The smallest absolute Gasteiger partial charge is 0.101 e. The Balaban J connectivity index is 2.88. The number of hydrogen-bond donors (Lipinski definition) is 1. The Kier molecular flexibility index (Phi) is 2.55. The molecule has 2 aromatic rings. The van der Waals surface area contributed by atoms with Crippen LogP contribution in [0.5, 0.6) is 0 Å². The van der Waals surface area contributed by atoms with Crippen molar-refractivity contribution in [3.8, 4) is 6.07 Å². The highest BCUT2D eigenvalue weighted by molar-refractivity contribution is 9.10. The quantitative estimate of drug-likeness (QED) is 0.863. The largest absolute Gasteiger partial charge is 0.392 e. The summed E-state index contributed by atoms with van der Waals surface area (Å²) in [6.45, 7) is -0.104. The molecule has 4 heteroatoms. The number of fused-ring (bicyclic) bond motifs is 1. The first-order valence-electron chi connectivity index (χ1n) is 3.97. The fourth-order valence-corrected chi connectivity index (χ4v) is 3.04. The number of benzene rings is 1. The number of rotatable bonds is 1. The second-order valence-corrected chi connectivity index (χ2v) is 4.54. The van der Waals surface area contributed by atoms with E-state index < -0.39 is 0 Å². The van der Waals surface area contributed by atoms with Gasteiger partial charge in [-0.2, -0.15) is 5.26 Å². The zero-order valence-electron chi connectivity index (χ0n) is 7.12. The van der Waals surface area contributed by atoms with E-state index in [9.17, 15) is 0 Å². The average Bonchev–Trinajstić information content (AvgIpc) is 2.65. The summed E-state index contributed by atoms with van der Waals surface area (Å²) in [5.74, 6) is 0. The van der Waals surface area contributed by atoms with Crippen molar-refractivity contribution in [2.45, 2.75) is 6.61 Å². The standard InChI is InChI=1S/C10H6BrNOS/c11-9-8(4-12)7(5-13)3-6-1-2-14-10(6)9/h1-3,13H,5H2. The van der Waals surface area contributed by atoms with E-state index in [0.717, 1.165) is 14.6 Å². The molecule has 0 saturated carbocycles. The maximum Gasteiger partial charge on any atom is 0.101 e. The fourth-order valence-electron chi connectivity index (χ4n) is 1.37. The van der Waals surface area contributed by atoms with E-state index in [1.54, 1.807) is 11.3 Å². The Bertz CT molecular complexity index is 527. The number of halogens is 1. The lowest BCUT2D eigenvalue weighted by molar-refractivity contribution is 0.281. The molecule has 2 rings (SSSR count). The summed E-state index contributed by atoms with van der Waals surface area (Å²) in [4.78, 5) is 0. The van der Waals surface area contributed by atoms with Crippen molar-refractivity contribution in [1.29, 1.82) is 5.26 Å². The summed E-state index contributed by atoms with van der Waals surface area (Å²) >= 11 is 4.97. The molecule has 0 aliphatic carbocycles. The maximum absolute atomic E-state index is 9.10. The summed E-state index contributed by atoms with van der Waals surface area (Å²) in [7, 11) is 0. The topological polar surface area (TPSA) is 44.0 Å². The van der Waals surface area contributed by atoms with Gasteiger partial charge in [0.1, 0.15) is 6.07 Å². The molecule has 1 heterocycles. The second kappa shape index (κ2) is 3.70. The van der Waals surface area contributed by atoms with Crippen molar-refractivity contribution in [2.24, 2.45) is 0 Å². The Morgan fingerprint density at radius 2 is 2.36 bits per heavy atom. The Morgan fingerprint density at radius 1 is 1.57 bits per heavy atom. The van der Waals surface area contributed by atoms with Gasteiger partial charge in [-0.1, -0.05) is 0 Å². The lowest BCUT2D eigenvalue weighted by Crippen LogP contribution is -1.90. The van der Waals surface area contributed by atoms with Crippen LogP contribution in [0.25, 0.3) is 10.1 Å². The van der Waals surface area contributed by atoms with Crippen LogP contribution in [0.15, 0.2) is 22.0 Å². The summed E-state index contributed by atoms with van der Waals surface area (Å²) in [6, 6.07) is 5.93. The van der Waals surface area contributed by atoms with Crippen LogP contribution in [0.4, 0.5) is 0 Å². The molecule has 2 nitrogen and oxygen atoms in total. The third-order valence-corrected chi connectivity index (χ3v) is 4.05. The van der Waals surface area contributed by atoms with E-state index in [4.69, 9.17) is 10.4 Å². The van der Waals surface area contributed by atoms with Gasteiger partial charge in [0, 0.05) is 4.70 Å². The van der Waals surface area contributed by atoms with Crippen molar-refractivity contribution in [3.05, 3.63) is 33.1 Å². The molecule has 1 N–H and O–H groups in total. The molecule has 0 radical (unpaired) electrons. The zero-order chi connectivity index (χ0) is 10.1. The molecule has 1 aromatic carbocycles. The number of aliphatic hydroxyl groups is 1. The lowest BCUT2D eigenvalue weighted by atomic mass is 10.1. The Morgan fingerprint density at radius 3 is 3.00 bits per heavy atom. The number of nitrogens with zero attached hydrogens (tertiary/aromatic N) is 1. The predicted molar refractivity (Wildman–Crippen MR) is 60.2 cm³/mol. The van der Waals surface area contributed by atoms with E-state index in [0.29, 0.717) is 11.1 Å². The molecule has 0 saturated heterocycles. The zero-order valence-corrected chi connectivity index (χ0v) is 9.52. The number of nitriles is 1. The molecule has 1 aromatic heterocycles. The molecule has 0 fully saturated rings. The first kappa shape index (κ1) is 9.66. The maximum atomic E-state index is 9.10. The van der Waals surface area contributed by atoms with E-state index >= 15 is 0 Å². The molecule has 0 aliphatic rings. The monoisotopic (exact) mass is 267 g/mol. The van der Waals surface area contributed by atoms with Crippen LogP contribution in [-0.4, -0.2) is 5.11 Å². The third kappa shape index (κ3) is 1.34. The highest BCUT2D eigenvalue weighted by atomic mass is 79.9. The van der Waals surface area contributed by atoms with Crippen LogP contribution in [0.3, 0.4) is 0 Å². The highest BCUT2D eigenvalue weighted by Gasteiger charge is 2.11. The van der Waals surface area contributed by atoms with Crippen LogP contribution in [0.2, 0.25) is 0 Å². The molecular weight excluding hydrogens is 262 g/mol. The van der Waals surface area contributed by atoms with Crippen molar-refractivity contribution < 1.29 is 5.11 Å². The molecule has 0 bridgehead atoms. The van der Waals surface area contributed by atoms with Crippen LogP contribution in [0, 0.1) is 11.3 Å². The number of thiophene rings is 1. The molecule has 70 valence electrons. The third-order valence-electron chi connectivity index (χ3n) is 2.05. The van der Waals surface area contributed by atoms with Gasteiger partial charge in [0.05, 0.1) is 16.6 Å². The first-order chi connectivity index (χ1) is 6.77. The van der Waals surface area contributed by atoms with Crippen LogP contribution < -0.4 is 0 Å². The van der Waals surface area contributed by atoms with E-state index in [-0.39, 0.29) is 6.61 Å². The molecule has 14 heavy (non-hydrogen) atoms. The van der Waals surface area contributed by atoms with Crippen molar-refractivity contribution in [2.75, 3.05) is 0 Å². The number of aliphatic hydroxyl groups excluding tert-OH is 1. The summed E-state index contributed by atoms with van der Waals surface area (Å²) in [6.07, 6.45) is 0. The highest BCUT2D eigenvalue weighted by Crippen LogP contribution is 2.33. The van der Waals surface area contributed by atoms with Gasteiger partial charge in [-0.05, 0) is 44.4 Å². The molecule has 0 atom stereocenters. The Labute approximate surface area is 93.5 Å². The second-order valence-electron chi connectivity index (χ2n) is 2.83. The molecule has 0 spiro atoms. The first-order valence-corrected chi connectivity index (χ1v) is 5.64. The summed E-state index contributed by atoms with van der Waals surface area (Å²) in [5.41, 5.74) is 1.20. The van der Waals surface area contributed by atoms with Crippen LogP contribution in [-0.2, 0) is 6.61 Å². The minimum atomic E-state index is -0.104. The van der Waals surface area contributed by atoms with Gasteiger partial charge in [-0.25, -0.2) is 0 Å². The van der Waals surface area contributed by atoms with Gasteiger partial charge in [-0.3, -0.25) is 0 Å². The van der Waals surface area contributed by atoms with E-state index in [1.165, 1.54) is 0 Å². The molecule has 0 amide bonds. The molecular formula is C10H6BrNOS. The lowest BCUT2D eigenvalue weighted by Gasteiger charge is -2.03. The minimum absolute atomic E-state index is 0.104. The average molecular weight is 268 g/mol. The van der Waals surface area contributed by atoms with Crippen molar-refractivity contribution >= 4 is 37.4 Å². The van der Waals surface area contributed by atoms with Gasteiger partial charge in [0.25, 0.3) is 0 Å². The van der Waals surface area contributed by atoms with Crippen molar-refractivity contribution in [3.63, 3.8) is 0 Å². The summed E-state index contributed by atoms with van der Waals surface area (Å²) in [5, 5.41) is 21.1. The van der Waals surface area contributed by atoms with Gasteiger partial charge in [0.15, 0.2) is 0 Å². The normalized spacial score (nSPS) is 10.4. The van der Waals surface area contributed by atoms with Gasteiger partial charge >= 0.3 is 0 Å². The number of hydrogen-bond acceptors (Lipinski definition) is 3. The van der Waals surface area contributed by atoms with Crippen LogP contribution in [0.1, 0.15) is 11.1 Å². The van der Waals surface area contributed by atoms with Crippen molar-refractivity contribution in [1.82, 2.24) is 0 Å². The van der Waals surface area contributed by atoms with E-state index in [2.05, 4.69) is 22.0 Å². The predicted octanol–water partition coefficient (Wildman–Crippen LogP) is 3.03. The van der Waals surface area contributed by atoms with Gasteiger partial charge in [-0.15, -0.1) is 11.3 Å².